The molecular weight excluding hydrogens is 408 g/mol. The van der Waals surface area contributed by atoms with E-state index in [2.05, 4.69) is 15.9 Å². The van der Waals surface area contributed by atoms with Gasteiger partial charge in [-0.2, -0.15) is 0 Å². The van der Waals surface area contributed by atoms with Crippen molar-refractivity contribution in [1.82, 2.24) is 0 Å². The highest BCUT2D eigenvalue weighted by atomic mass is 79.9. The number of alkyl halides is 1. The number of hydrogen-bond donors (Lipinski definition) is 3. The third kappa shape index (κ3) is 7.54. The Hall–Kier alpha value is -2.58. The van der Waals surface area contributed by atoms with Crippen LogP contribution >= 0.6 is 15.9 Å². The number of hydrogen-bond acceptors (Lipinski definition) is 7. The minimum atomic E-state index is -0.199. The van der Waals surface area contributed by atoms with Gasteiger partial charge in [0.2, 0.25) is 0 Å². The zero-order valence-electron chi connectivity index (χ0n) is 13.8. The van der Waals surface area contributed by atoms with Crippen molar-refractivity contribution in [3.8, 4) is 23.0 Å². The SMILES string of the molecule is O=Cc1ccc(O)cc1O.O=Cc1ccc(OCCOCCBr)cc1O. The monoisotopic (exact) mass is 426 g/mol. The zero-order valence-corrected chi connectivity index (χ0v) is 15.4. The molecule has 0 aliphatic heterocycles. The minimum Gasteiger partial charge on any atom is -0.508 e. The predicted octanol–water partition coefficient (Wildman–Crippen LogP) is 2.91. The van der Waals surface area contributed by atoms with E-state index in [0.29, 0.717) is 38.1 Å². The summed E-state index contributed by atoms with van der Waals surface area (Å²) in [5.41, 5.74) is 0.431. The van der Waals surface area contributed by atoms with E-state index in [-0.39, 0.29) is 28.4 Å². The highest BCUT2D eigenvalue weighted by Crippen LogP contribution is 2.22. The van der Waals surface area contributed by atoms with Crippen LogP contribution in [0.5, 0.6) is 23.0 Å². The second kappa shape index (κ2) is 11.9. The lowest BCUT2D eigenvalue weighted by atomic mass is 10.2. The van der Waals surface area contributed by atoms with Crippen LogP contribution in [-0.2, 0) is 4.74 Å². The largest absolute Gasteiger partial charge is 0.508 e. The normalized spacial score (nSPS) is 9.73. The molecule has 0 saturated heterocycles. The molecule has 0 aliphatic rings. The van der Waals surface area contributed by atoms with Gasteiger partial charge in [-0.05, 0) is 24.3 Å². The van der Waals surface area contributed by atoms with Gasteiger partial charge in [-0.15, -0.1) is 0 Å². The molecular formula is C18H19BrO7. The standard InChI is InChI=1S/C11H13BrO4.C7H6O3/c12-3-4-15-5-6-16-10-2-1-9(8-13)11(14)7-10;8-4-5-1-2-6(9)3-7(5)10/h1-2,7-8,14H,3-6H2;1-4,9-10H. The molecule has 0 heterocycles. The van der Waals surface area contributed by atoms with Gasteiger partial charge in [0.05, 0.1) is 24.3 Å². The Balaban J connectivity index is 0.000000289. The summed E-state index contributed by atoms with van der Waals surface area (Å²) in [5, 5.41) is 27.8. The fourth-order valence-electron chi connectivity index (χ4n) is 1.72. The Kier molecular flexibility index (Phi) is 9.81. The molecule has 7 nitrogen and oxygen atoms in total. The zero-order chi connectivity index (χ0) is 19.4. The van der Waals surface area contributed by atoms with E-state index in [4.69, 9.17) is 19.7 Å². The highest BCUT2D eigenvalue weighted by Gasteiger charge is 2.02. The van der Waals surface area contributed by atoms with Gasteiger partial charge in [0.25, 0.3) is 0 Å². The van der Waals surface area contributed by atoms with Crippen LogP contribution in [0, 0.1) is 0 Å². The van der Waals surface area contributed by atoms with Crippen molar-refractivity contribution in [2.75, 3.05) is 25.2 Å². The van der Waals surface area contributed by atoms with Crippen LogP contribution in [0.4, 0.5) is 0 Å². The maximum Gasteiger partial charge on any atom is 0.153 e. The van der Waals surface area contributed by atoms with Gasteiger partial charge in [-0.25, -0.2) is 0 Å². The molecule has 0 amide bonds. The van der Waals surface area contributed by atoms with Gasteiger partial charge < -0.3 is 24.8 Å². The van der Waals surface area contributed by atoms with Crippen molar-refractivity contribution in [1.29, 1.82) is 0 Å². The summed E-state index contributed by atoms with van der Waals surface area (Å²) in [5.74, 6) is 0.192. The topological polar surface area (TPSA) is 113 Å². The fraction of sp³-hybridized carbons (Fsp3) is 0.222. The smallest absolute Gasteiger partial charge is 0.153 e. The van der Waals surface area contributed by atoms with Crippen LogP contribution in [0.2, 0.25) is 0 Å². The molecule has 2 aromatic carbocycles. The maximum absolute atomic E-state index is 10.4. The van der Waals surface area contributed by atoms with Crippen LogP contribution in [0.15, 0.2) is 36.4 Å². The van der Waals surface area contributed by atoms with Crippen LogP contribution in [0.1, 0.15) is 20.7 Å². The van der Waals surface area contributed by atoms with Crippen LogP contribution in [0.3, 0.4) is 0 Å². The number of aromatic hydroxyl groups is 3. The molecule has 3 N–H and O–H groups in total. The molecule has 0 spiro atoms. The Morgan fingerprint density at radius 1 is 0.846 bits per heavy atom. The average molecular weight is 427 g/mol. The van der Waals surface area contributed by atoms with E-state index in [9.17, 15) is 14.7 Å². The van der Waals surface area contributed by atoms with Crippen LogP contribution in [-0.4, -0.2) is 53.0 Å². The number of carbonyl (C=O) groups is 2. The summed E-state index contributed by atoms with van der Waals surface area (Å²) < 4.78 is 10.5. The molecule has 0 unspecified atom stereocenters. The lowest BCUT2D eigenvalue weighted by Crippen LogP contribution is -2.07. The van der Waals surface area contributed by atoms with Gasteiger partial charge in [-0.1, -0.05) is 15.9 Å². The highest BCUT2D eigenvalue weighted by molar-refractivity contribution is 9.09. The molecule has 0 radical (unpaired) electrons. The van der Waals surface area contributed by atoms with E-state index >= 15 is 0 Å². The van der Waals surface area contributed by atoms with Crippen molar-refractivity contribution in [3.63, 3.8) is 0 Å². The Bertz CT molecular complexity index is 719. The second-order valence-corrected chi connectivity index (χ2v) is 5.64. The first-order valence-corrected chi connectivity index (χ1v) is 8.65. The van der Waals surface area contributed by atoms with Gasteiger partial charge in [0.15, 0.2) is 12.6 Å². The Labute approximate surface area is 158 Å². The first-order chi connectivity index (χ1) is 12.5. The van der Waals surface area contributed by atoms with Crippen molar-refractivity contribution < 1.29 is 34.4 Å². The van der Waals surface area contributed by atoms with E-state index in [1.807, 2.05) is 0 Å². The van der Waals surface area contributed by atoms with E-state index in [0.717, 1.165) is 11.4 Å². The van der Waals surface area contributed by atoms with Crippen LogP contribution < -0.4 is 4.74 Å². The molecule has 26 heavy (non-hydrogen) atoms. The van der Waals surface area contributed by atoms with Crippen molar-refractivity contribution in [2.45, 2.75) is 0 Å². The summed E-state index contributed by atoms with van der Waals surface area (Å²) >= 11 is 3.24. The molecule has 0 aromatic heterocycles. The predicted molar refractivity (Wildman–Crippen MR) is 98.8 cm³/mol. The number of phenolic OH excluding ortho intramolecular Hbond substituents is 3. The summed E-state index contributed by atoms with van der Waals surface area (Å²) in [6, 6.07) is 8.35. The molecule has 0 fully saturated rings. The average Bonchev–Trinajstić information content (AvgIpc) is 2.62. The van der Waals surface area contributed by atoms with Crippen molar-refractivity contribution >= 4 is 28.5 Å². The van der Waals surface area contributed by atoms with E-state index < -0.39 is 0 Å². The fourth-order valence-corrected chi connectivity index (χ4v) is 1.95. The molecule has 0 saturated carbocycles. The number of carbonyl (C=O) groups excluding carboxylic acids is 2. The molecule has 8 heteroatoms. The third-order valence-corrected chi connectivity index (χ3v) is 3.31. The summed E-state index contributed by atoms with van der Waals surface area (Å²) in [4.78, 5) is 20.5. The van der Waals surface area contributed by atoms with E-state index in [1.54, 1.807) is 6.07 Å². The lowest BCUT2D eigenvalue weighted by molar-refractivity contribution is 0.111. The number of ether oxygens (including phenoxy) is 2. The summed E-state index contributed by atoms with van der Waals surface area (Å²) in [6.07, 6.45) is 1.12. The molecule has 0 aliphatic carbocycles. The number of phenols is 3. The Morgan fingerprint density at radius 3 is 2.00 bits per heavy atom. The first kappa shape index (κ1) is 21.5. The quantitative estimate of drug-likeness (QED) is 0.337. The van der Waals surface area contributed by atoms with Crippen LogP contribution in [0.25, 0.3) is 0 Å². The molecule has 0 bridgehead atoms. The molecule has 2 rings (SSSR count). The lowest BCUT2D eigenvalue weighted by Gasteiger charge is -2.07. The minimum absolute atomic E-state index is 0.0527. The van der Waals surface area contributed by atoms with E-state index in [1.165, 1.54) is 24.3 Å². The van der Waals surface area contributed by atoms with Gasteiger partial charge in [0, 0.05) is 17.5 Å². The van der Waals surface area contributed by atoms with Gasteiger partial charge >= 0.3 is 0 Å². The number of rotatable bonds is 8. The molecule has 2 aromatic rings. The number of halogens is 1. The molecule has 0 atom stereocenters. The first-order valence-electron chi connectivity index (χ1n) is 7.53. The maximum atomic E-state index is 10.4. The summed E-state index contributed by atoms with van der Waals surface area (Å²) in [7, 11) is 0. The second-order valence-electron chi connectivity index (χ2n) is 4.85. The molecule has 140 valence electrons. The van der Waals surface area contributed by atoms with Crippen molar-refractivity contribution in [3.05, 3.63) is 47.5 Å². The number of aldehydes is 2. The number of benzene rings is 2. The van der Waals surface area contributed by atoms with Gasteiger partial charge in [-0.3, -0.25) is 9.59 Å². The summed E-state index contributed by atoms with van der Waals surface area (Å²) in [6.45, 7) is 1.54. The van der Waals surface area contributed by atoms with Gasteiger partial charge in [0.1, 0.15) is 29.6 Å². The van der Waals surface area contributed by atoms with Crippen molar-refractivity contribution in [2.24, 2.45) is 0 Å². The third-order valence-electron chi connectivity index (χ3n) is 2.99. The Morgan fingerprint density at radius 2 is 1.46 bits per heavy atom.